The molecule has 3 amide bonds. The minimum absolute atomic E-state index is 0. The van der Waals surface area contributed by atoms with Gasteiger partial charge >= 0.3 is 6.03 Å². The number of nitrogens with zero attached hydrogens (tertiary/aromatic N) is 1. The minimum Gasteiger partial charge on any atom is -1.00 e. The summed E-state index contributed by atoms with van der Waals surface area (Å²) in [7, 11) is 5.01. The summed E-state index contributed by atoms with van der Waals surface area (Å²) in [6, 6.07) is 10.8. The molecular weight excluding hydrogens is 640 g/mol. The number of aromatic nitrogens is 1. The van der Waals surface area contributed by atoms with Crippen LogP contribution < -0.4 is 51.9 Å². The van der Waals surface area contributed by atoms with Gasteiger partial charge in [0.2, 0.25) is 11.6 Å². The third kappa shape index (κ3) is 7.78. The first-order chi connectivity index (χ1) is 22.5. The second kappa shape index (κ2) is 16.0. The number of rotatable bonds is 15. The largest absolute Gasteiger partial charge is 1.00 e. The van der Waals surface area contributed by atoms with E-state index in [9.17, 15) is 9.59 Å². The van der Waals surface area contributed by atoms with Crippen LogP contribution >= 0.6 is 11.8 Å². The van der Waals surface area contributed by atoms with E-state index in [-0.39, 0.29) is 36.4 Å². The van der Waals surface area contributed by atoms with Crippen LogP contribution in [0.4, 0.5) is 4.79 Å². The van der Waals surface area contributed by atoms with Crippen molar-refractivity contribution in [2.75, 3.05) is 40.2 Å². The number of fused-ring (bicyclic) bond motifs is 5. The summed E-state index contributed by atoms with van der Waals surface area (Å²) in [6.45, 7) is 2.10. The summed E-state index contributed by atoms with van der Waals surface area (Å²) in [5.41, 5.74) is 3.53. The van der Waals surface area contributed by atoms with Gasteiger partial charge in [0, 0.05) is 36.5 Å². The zero-order chi connectivity index (χ0) is 32.0. The number of methoxy groups -OCH3 is 3. The van der Waals surface area contributed by atoms with Crippen LogP contribution in [0.3, 0.4) is 0 Å². The minimum atomic E-state index is -0.0484. The topological polar surface area (TPSA) is 111 Å². The molecule has 0 bridgehead atoms. The second-order valence-corrected chi connectivity index (χ2v) is 13.5. The molecule has 3 aliphatic heterocycles. The Kier molecular flexibility index (Phi) is 11.8. The molecule has 0 spiro atoms. The molecule has 10 nitrogen and oxygen atoms in total. The Morgan fingerprint density at radius 1 is 0.979 bits per heavy atom. The average Bonchev–Trinajstić information content (AvgIpc) is 3.63. The van der Waals surface area contributed by atoms with Crippen LogP contribution in [0.15, 0.2) is 36.5 Å². The van der Waals surface area contributed by atoms with E-state index in [1.54, 1.807) is 21.3 Å². The van der Waals surface area contributed by atoms with Crippen LogP contribution in [0.5, 0.6) is 23.0 Å². The highest BCUT2D eigenvalue weighted by molar-refractivity contribution is 8.00. The van der Waals surface area contributed by atoms with Gasteiger partial charge in [0.1, 0.15) is 0 Å². The van der Waals surface area contributed by atoms with Crippen molar-refractivity contribution in [3.05, 3.63) is 42.1 Å². The Bertz CT molecular complexity index is 1590. The highest BCUT2D eigenvalue weighted by Gasteiger charge is 2.42. The zero-order valence-electron chi connectivity index (χ0n) is 27.4. The van der Waals surface area contributed by atoms with Gasteiger partial charge in [-0.3, -0.25) is 4.79 Å². The Morgan fingerprint density at radius 3 is 2.60 bits per heavy atom. The van der Waals surface area contributed by atoms with Crippen LogP contribution in [-0.4, -0.2) is 69.5 Å². The van der Waals surface area contributed by atoms with E-state index in [0.717, 1.165) is 102 Å². The zero-order valence-corrected chi connectivity index (χ0v) is 28.9. The quantitative estimate of drug-likeness (QED) is 0.127. The number of aryl methyl sites for hydroxylation is 2. The molecule has 2 fully saturated rings. The smallest absolute Gasteiger partial charge is 0.315 e. The molecule has 6 rings (SSSR count). The number of carbonyl (C=O) groups is 2. The van der Waals surface area contributed by atoms with Gasteiger partial charge in [0.25, 0.3) is 0 Å². The van der Waals surface area contributed by atoms with Gasteiger partial charge in [0.15, 0.2) is 35.7 Å². The maximum Gasteiger partial charge on any atom is 0.315 e. The maximum absolute atomic E-state index is 12.3. The third-order valence-electron chi connectivity index (χ3n) is 9.28. The molecule has 47 heavy (non-hydrogen) atoms. The molecule has 3 N–H and O–H groups in total. The molecular formula is C35H45ClN4O6S. The monoisotopic (exact) mass is 684 g/mol. The van der Waals surface area contributed by atoms with Gasteiger partial charge < -0.3 is 47.3 Å². The first-order valence-electron chi connectivity index (χ1n) is 16.4. The number of pyridine rings is 1. The average molecular weight is 685 g/mol. The predicted molar refractivity (Wildman–Crippen MR) is 179 cm³/mol. The van der Waals surface area contributed by atoms with E-state index in [2.05, 4.69) is 51.0 Å². The summed E-state index contributed by atoms with van der Waals surface area (Å²) in [6.07, 6.45) is 9.28. The van der Waals surface area contributed by atoms with Crippen LogP contribution in [0.1, 0.15) is 50.5 Å². The number of benzene rings is 2. The maximum atomic E-state index is 12.3. The lowest BCUT2D eigenvalue weighted by molar-refractivity contribution is -0.686. The molecule has 2 aromatic carbocycles. The van der Waals surface area contributed by atoms with Gasteiger partial charge in [-0.25, -0.2) is 4.79 Å². The Hall–Kier alpha value is -3.57. The van der Waals surface area contributed by atoms with Crippen molar-refractivity contribution in [1.82, 2.24) is 16.0 Å². The molecule has 0 radical (unpaired) electrons. The van der Waals surface area contributed by atoms with Crippen molar-refractivity contribution in [1.29, 1.82) is 0 Å². The van der Waals surface area contributed by atoms with Gasteiger partial charge in [-0.1, -0.05) is 6.42 Å². The molecule has 254 valence electrons. The fourth-order valence-corrected chi connectivity index (χ4v) is 8.36. The third-order valence-corrected chi connectivity index (χ3v) is 10.8. The number of urea groups is 1. The van der Waals surface area contributed by atoms with E-state index in [1.165, 1.54) is 5.56 Å². The first kappa shape index (κ1) is 34.8. The number of nitrogens with one attached hydrogen (secondary N) is 3. The molecule has 0 aliphatic carbocycles. The molecule has 3 aromatic rings. The molecule has 3 atom stereocenters. The number of amides is 3. The van der Waals surface area contributed by atoms with Crippen molar-refractivity contribution < 1.29 is 45.5 Å². The highest BCUT2D eigenvalue weighted by atomic mass is 35.5. The number of ether oxygens (including phenoxy) is 4. The standard InChI is InChI=1S/C35H44N4O6S.ClH/c1-42-28-12-11-22-17-27-24-19-30(44-3)29(43-2)18-23(24)13-15-39(27)20-25(22)34(28)45-16-8-4-7-14-36-32(40)10-6-5-9-31-33-26(21-46-31)37-35(41)38-33;/h11-12,17-20,26,31,33H,4-10,13-16,21H2,1-3H3,(H2-,36,37,38,40,41);1H/t26-,31-,33-;/m0./s1. The van der Waals surface area contributed by atoms with Gasteiger partial charge in [0.05, 0.1) is 51.0 Å². The number of halogens is 1. The lowest BCUT2D eigenvalue weighted by Gasteiger charge is -2.19. The second-order valence-electron chi connectivity index (χ2n) is 12.2. The number of hydrogen-bond acceptors (Lipinski definition) is 7. The van der Waals surface area contributed by atoms with Crippen molar-refractivity contribution >= 4 is 34.5 Å². The molecule has 12 heteroatoms. The number of unbranched alkanes of at least 4 members (excludes halogenated alkanes) is 3. The predicted octanol–water partition coefficient (Wildman–Crippen LogP) is 1.77. The van der Waals surface area contributed by atoms with Crippen molar-refractivity contribution in [2.45, 2.75) is 75.2 Å². The lowest BCUT2D eigenvalue weighted by Crippen LogP contribution is -3.00. The molecule has 0 unspecified atom stereocenters. The summed E-state index contributed by atoms with van der Waals surface area (Å²) >= 11 is 1.92. The van der Waals surface area contributed by atoms with Gasteiger partial charge in [-0.15, -0.1) is 0 Å². The molecule has 2 saturated heterocycles. The highest BCUT2D eigenvalue weighted by Crippen LogP contribution is 2.40. The number of carbonyl (C=O) groups excluding carboxylic acids is 2. The number of thioether (sulfide) groups is 1. The summed E-state index contributed by atoms with van der Waals surface area (Å²) in [4.78, 5) is 23.9. The Morgan fingerprint density at radius 2 is 1.79 bits per heavy atom. The molecule has 4 heterocycles. The van der Waals surface area contributed by atoms with E-state index in [0.29, 0.717) is 24.8 Å². The van der Waals surface area contributed by atoms with Crippen molar-refractivity contribution in [2.24, 2.45) is 0 Å². The van der Waals surface area contributed by atoms with Crippen LogP contribution in [-0.2, 0) is 17.8 Å². The fraction of sp³-hybridized carbons (Fsp3) is 0.514. The first-order valence-corrected chi connectivity index (χ1v) is 17.4. The molecule has 0 saturated carbocycles. The summed E-state index contributed by atoms with van der Waals surface area (Å²) in [5.74, 6) is 4.05. The van der Waals surface area contributed by atoms with E-state index in [1.807, 2.05) is 17.8 Å². The van der Waals surface area contributed by atoms with Gasteiger partial charge in [-0.2, -0.15) is 16.3 Å². The normalized spacial score (nSPS) is 19.0. The summed E-state index contributed by atoms with van der Waals surface area (Å²) < 4.78 is 25.4. The van der Waals surface area contributed by atoms with Crippen molar-refractivity contribution in [3.63, 3.8) is 0 Å². The number of hydrogen-bond donors (Lipinski definition) is 3. The lowest BCUT2D eigenvalue weighted by atomic mass is 9.95. The van der Waals surface area contributed by atoms with E-state index >= 15 is 0 Å². The Balaban J connectivity index is 0.00000433. The fourth-order valence-electron chi connectivity index (χ4n) is 6.81. The summed E-state index contributed by atoms with van der Waals surface area (Å²) in [5, 5.41) is 11.6. The molecule has 3 aliphatic rings. The Labute approximate surface area is 287 Å². The van der Waals surface area contributed by atoms with E-state index in [4.69, 9.17) is 18.9 Å². The van der Waals surface area contributed by atoms with Crippen molar-refractivity contribution in [3.8, 4) is 34.3 Å². The van der Waals surface area contributed by atoms with Crippen LogP contribution in [0, 0.1) is 0 Å². The van der Waals surface area contributed by atoms with Crippen LogP contribution in [0.25, 0.3) is 22.0 Å². The van der Waals surface area contributed by atoms with Gasteiger partial charge in [-0.05, 0) is 67.3 Å². The molecule has 1 aromatic heterocycles. The van der Waals surface area contributed by atoms with Crippen LogP contribution in [0.2, 0.25) is 0 Å². The van der Waals surface area contributed by atoms with E-state index < -0.39 is 0 Å². The SMILES string of the molecule is COc1cc2c(cc1OC)-c1cc3ccc(OC)c(OCCCCCNC(=O)CCCC[C@@H]4SC[C@@H]5NC(=O)N[C@@H]54)c3c[n+]1CC2.[Cl-].